The van der Waals surface area contributed by atoms with E-state index in [2.05, 4.69) is 4.98 Å². The monoisotopic (exact) mass is 205 g/mol. The minimum absolute atomic E-state index is 0.0172. The van der Waals surface area contributed by atoms with Gasteiger partial charge in [0.2, 0.25) is 5.88 Å². The molecule has 0 saturated heterocycles. The molecular weight excluding hydrogens is 197 g/mol. The number of ether oxygens (including phenoxy) is 1. The van der Waals surface area contributed by atoms with Crippen molar-refractivity contribution in [2.24, 2.45) is 0 Å². The number of hydrogen-bond donors (Lipinski definition) is 1. The number of benzene rings is 1. The lowest BCUT2D eigenvalue weighted by atomic mass is 10.3. The molecule has 1 N–H and O–H groups in total. The van der Waals surface area contributed by atoms with E-state index in [4.69, 9.17) is 4.74 Å². The summed E-state index contributed by atoms with van der Waals surface area (Å²) >= 11 is 0. The molecule has 76 valence electrons. The highest BCUT2D eigenvalue weighted by molar-refractivity contribution is 5.40. The van der Waals surface area contributed by atoms with Gasteiger partial charge in [-0.1, -0.05) is 12.1 Å². The van der Waals surface area contributed by atoms with Crippen molar-refractivity contribution in [2.45, 2.75) is 0 Å². The number of rotatable bonds is 2. The quantitative estimate of drug-likeness (QED) is 0.819. The number of aromatic hydroxyl groups is 1. The number of halogens is 1. The van der Waals surface area contributed by atoms with E-state index in [0.29, 0.717) is 0 Å². The molecule has 3 nitrogen and oxygen atoms in total. The highest BCUT2D eigenvalue weighted by atomic mass is 19.1. The van der Waals surface area contributed by atoms with Crippen molar-refractivity contribution in [2.75, 3.05) is 0 Å². The average Bonchev–Trinajstić information content (AvgIpc) is 2.25. The smallest absolute Gasteiger partial charge is 0.219 e. The Labute approximate surface area is 85.8 Å². The molecule has 0 aliphatic rings. The second kappa shape index (κ2) is 3.96. The van der Waals surface area contributed by atoms with Gasteiger partial charge in [-0.05, 0) is 18.2 Å². The standard InChI is InChI=1S/C11H8FNO2/c12-8-5-6-11(13-7-8)15-10-4-2-1-3-9(10)14/h1-7,14H. The van der Waals surface area contributed by atoms with Crippen LogP contribution in [0.3, 0.4) is 0 Å². The molecule has 0 radical (unpaired) electrons. The highest BCUT2D eigenvalue weighted by Gasteiger charge is 2.02. The normalized spacial score (nSPS) is 9.93. The molecule has 0 fully saturated rings. The topological polar surface area (TPSA) is 42.4 Å². The molecule has 0 bridgehead atoms. The Morgan fingerprint density at radius 3 is 2.60 bits per heavy atom. The lowest BCUT2D eigenvalue weighted by molar-refractivity contribution is 0.401. The third-order valence-corrected chi connectivity index (χ3v) is 1.78. The summed E-state index contributed by atoms with van der Waals surface area (Å²) in [5.74, 6) is 0.109. The predicted octanol–water partition coefficient (Wildman–Crippen LogP) is 2.72. The van der Waals surface area contributed by atoms with Crippen LogP contribution >= 0.6 is 0 Å². The number of hydrogen-bond acceptors (Lipinski definition) is 3. The minimum atomic E-state index is -0.431. The summed E-state index contributed by atoms with van der Waals surface area (Å²) in [5.41, 5.74) is 0. The first-order valence-corrected chi connectivity index (χ1v) is 4.33. The van der Waals surface area contributed by atoms with Gasteiger partial charge in [-0.15, -0.1) is 0 Å². The minimum Gasteiger partial charge on any atom is -0.504 e. The van der Waals surface area contributed by atoms with E-state index >= 15 is 0 Å². The van der Waals surface area contributed by atoms with Crippen LogP contribution < -0.4 is 4.74 Å². The van der Waals surface area contributed by atoms with Gasteiger partial charge in [0.1, 0.15) is 5.82 Å². The maximum absolute atomic E-state index is 12.5. The molecule has 1 aromatic heterocycles. The van der Waals surface area contributed by atoms with Gasteiger partial charge < -0.3 is 9.84 Å². The molecule has 15 heavy (non-hydrogen) atoms. The van der Waals surface area contributed by atoms with Crippen LogP contribution in [0.25, 0.3) is 0 Å². The number of aromatic nitrogens is 1. The second-order valence-corrected chi connectivity index (χ2v) is 2.88. The molecule has 4 heteroatoms. The molecule has 0 atom stereocenters. The molecule has 2 aromatic rings. The second-order valence-electron chi connectivity index (χ2n) is 2.88. The van der Waals surface area contributed by atoms with Gasteiger partial charge in [-0.25, -0.2) is 9.37 Å². The lowest BCUT2D eigenvalue weighted by Crippen LogP contribution is -1.88. The zero-order valence-corrected chi connectivity index (χ0v) is 7.72. The fourth-order valence-electron chi connectivity index (χ4n) is 1.08. The Kier molecular flexibility index (Phi) is 2.49. The number of para-hydroxylation sites is 2. The van der Waals surface area contributed by atoms with Crippen molar-refractivity contribution >= 4 is 0 Å². The SMILES string of the molecule is Oc1ccccc1Oc1ccc(F)cn1. The Morgan fingerprint density at radius 1 is 1.13 bits per heavy atom. The summed E-state index contributed by atoms with van der Waals surface area (Å²) in [4.78, 5) is 3.71. The van der Waals surface area contributed by atoms with Crippen LogP contribution in [0.1, 0.15) is 0 Å². The molecular formula is C11H8FNO2. The predicted molar refractivity (Wildman–Crippen MR) is 52.4 cm³/mol. The highest BCUT2D eigenvalue weighted by Crippen LogP contribution is 2.28. The van der Waals surface area contributed by atoms with E-state index in [1.807, 2.05) is 0 Å². The molecule has 0 saturated carbocycles. The molecule has 2 rings (SSSR count). The van der Waals surface area contributed by atoms with Gasteiger partial charge in [-0.2, -0.15) is 0 Å². The van der Waals surface area contributed by atoms with E-state index in [0.717, 1.165) is 6.20 Å². The molecule has 1 heterocycles. The van der Waals surface area contributed by atoms with Crippen LogP contribution in [-0.4, -0.2) is 10.1 Å². The number of nitrogens with zero attached hydrogens (tertiary/aromatic N) is 1. The molecule has 0 unspecified atom stereocenters. The van der Waals surface area contributed by atoms with Crippen LogP contribution in [0.4, 0.5) is 4.39 Å². The third kappa shape index (κ3) is 2.22. The Bertz CT molecular complexity index is 456. The maximum atomic E-state index is 12.5. The van der Waals surface area contributed by atoms with E-state index in [-0.39, 0.29) is 17.4 Å². The van der Waals surface area contributed by atoms with Crippen LogP contribution in [-0.2, 0) is 0 Å². The van der Waals surface area contributed by atoms with Gasteiger partial charge >= 0.3 is 0 Å². The Balaban J connectivity index is 2.22. The Morgan fingerprint density at radius 2 is 1.93 bits per heavy atom. The largest absolute Gasteiger partial charge is 0.504 e. The first kappa shape index (κ1) is 9.45. The summed E-state index contributed by atoms with van der Waals surface area (Å²) in [5, 5.41) is 9.40. The van der Waals surface area contributed by atoms with Crippen molar-refractivity contribution in [3.05, 3.63) is 48.4 Å². The molecule has 1 aromatic carbocycles. The van der Waals surface area contributed by atoms with Crippen LogP contribution in [0.15, 0.2) is 42.6 Å². The lowest BCUT2D eigenvalue weighted by Gasteiger charge is -2.05. The number of pyridine rings is 1. The van der Waals surface area contributed by atoms with Crippen molar-refractivity contribution in [1.82, 2.24) is 4.98 Å². The van der Waals surface area contributed by atoms with Crippen LogP contribution in [0.2, 0.25) is 0 Å². The summed E-state index contributed by atoms with van der Waals surface area (Å²) < 4.78 is 17.8. The van der Waals surface area contributed by atoms with Crippen molar-refractivity contribution in [3.63, 3.8) is 0 Å². The summed E-state index contributed by atoms with van der Waals surface area (Å²) in [7, 11) is 0. The molecule has 0 aliphatic heterocycles. The van der Waals surface area contributed by atoms with E-state index < -0.39 is 5.82 Å². The van der Waals surface area contributed by atoms with E-state index in [1.54, 1.807) is 18.2 Å². The molecule has 0 spiro atoms. The fourth-order valence-corrected chi connectivity index (χ4v) is 1.08. The number of phenols is 1. The van der Waals surface area contributed by atoms with E-state index in [9.17, 15) is 9.50 Å². The zero-order chi connectivity index (χ0) is 10.7. The first-order valence-electron chi connectivity index (χ1n) is 4.33. The van der Waals surface area contributed by atoms with E-state index in [1.165, 1.54) is 18.2 Å². The van der Waals surface area contributed by atoms with Gasteiger partial charge in [-0.3, -0.25) is 0 Å². The Hall–Kier alpha value is -2.10. The van der Waals surface area contributed by atoms with Gasteiger partial charge in [0.15, 0.2) is 11.5 Å². The maximum Gasteiger partial charge on any atom is 0.219 e. The third-order valence-electron chi connectivity index (χ3n) is 1.78. The van der Waals surface area contributed by atoms with Crippen molar-refractivity contribution in [1.29, 1.82) is 0 Å². The van der Waals surface area contributed by atoms with Crippen LogP contribution in [0, 0.1) is 5.82 Å². The van der Waals surface area contributed by atoms with Gasteiger partial charge in [0.05, 0.1) is 6.20 Å². The fraction of sp³-hybridized carbons (Fsp3) is 0. The summed E-state index contributed by atoms with van der Waals surface area (Å²) in [6.07, 6.45) is 1.05. The first-order chi connectivity index (χ1) is 7.25. The van der Waals surface area contributed by atoms with Gasteiger partial charge in [0.25, 0.3) is 0 Å². The molecule has 0 amide bonds. The number of phenolic OH excluding ortho intramolecular Hbond substituents is 1. The van der Waals surface area contributed by atoms with Crippen LogP contribution in [0.5, 0.6) is 17.4 Å². The van der Waals surface area contributed by atoms with Crippen molar-refractivity contribution < 1.29 is 14.2 Å². The van der Waals surface area contributed by atoms with Crippen molar-refractivity contribution in [3.8, 4) is 17.4 Å². The molecule has 0 aliphatic carbocycles. The summed E-state index contributed by atoms with van der Waals surface area (Å²) in [6.45, 7) is 0. The summed E-state index contributed by atoms with van der Waals surface area (Å²) in [6, 6.07) is 9.13. The average molecular weight is 205 g/mol. The van der Waals surface area contributed by atoms with Gasteiger partial charge in [0, 0.05) is 6.07 Å². The zero-order valence-electron chi connectivity index (χ0n) is 7.72.